The SMILES string of the molecule is C=CC1CCC(c2ccc(CCc3ccc(-c4ccc(C5CO5)c(F)c4)cc3)c(F)c2F)CC1. The molecule has 1 saturated heterocycles. The second-order valence-electron chi connectivity index (χ2n) is 9.54. The lowest BCUT2D eigenvalue weighted by atomic mass is 9.78. The molecule has 3 aromatic carbocycles. The molecule has 2 fully saturated rings. The van der Waals surface area contributed by atoms with E-state index in [0.29, 0.717) is 42.1 Å². The molecule has 0 N–H and O–H groups in total. The van der Waals surface area contributed by atoms with Gasteiger partial charge in [-0.25, -0.2) is 13.2 Å². The zero-order chi connectivity index (χ0) is 23.7. The highest BCUT2D eigenvalue weighted by molar-refractivity contribution is 5.64. The first-order valence-electron chi connectivity index (χ1n) is 12.1. The summed E-state index contributed by atoms with van der Waals surface area (Å²) in [5, 5.41) is 0. The highest BCUT2D eigenvalue weighted by atomic mass is 19.2. The molecule has 0 radical (unpaired) electrons. The summed E-state index contributed by atoms with van der Waals surface area (Å²) in [5.74, 6) is -1.07. The van der Waals surface area contributed by atoms with E-state index in [1.807, 2.05) is 36.4 Å². The number of ether oxygens (including phenoxy) is 1. The van der Waals surface area contributed by atoms with Crippen LogP contribution in [0.4, 0.5) is 13.2 Å². The fourth-order valence-electron chi connectivity index (χ4n) is 5.12. The number of halogens is 3. The van der Waals surface area contributed by atoms with Crippen molar-refractivity contribution < 1.29 is 17.9 Å². The third-order valence-corrected chi connectivity index (χ3v) is 7.39. The zero-order valence-electron chi connectivity index (χ0n) is 19.2. The second kappa shape index (κ2) is 9.79. The van der Waals surface area contributed by atoms with E-state index in [1.54, 1.807) is 18.2 Å². The maximum Gasteiger partial charge on any atom is 0.162 e. The molecule has 1 atom stereocenters. The molecule has 4 heteroatoms. The average Bonchev–Trinajstić information content (AvgIpc) is 3.71. The molecule has 176 valence electrons. The first kappa shape index (κ1) is 22.9. The van der Waals surface area contributed by atoms with Crippen LogP contribution in [0.5, 0.6) is 0 Å². The molecule has 1 nitrogen and oxygen atoms in total. The predicted octanol–water partition coefficient (Wildman–Crippen LogP) is 8.09. The van der Waals surface area contributed by atoms with Crippen molar-refractivity contribution in [1.82, 2.24) is 0 Å². The molecule has 0 amide bonds. The van der Waals surface area contributed by atoms with Crippen LogP contribution >= 0.6 is 0 Å². The largest absolute Gasteiger partial charge is 0.368 e. The van der Waals surface area contributed by atoms with Crippen molar-refractivity contribution in [1.29, 1.82) is 0 Å². The fourth-order valence-corrected chi connectivity index (χ4v) is 5.12. The van der Waals surface area contributed by atoms with E-state index in [4.69, 9.17) is 4.74 Å². The number of benzene rings is 3. The minimum atomic E-state index is -0.713. The average molecular weight is 463 g/mol. The molecule has 1 aliphatic carbocycles. The molecule has 1 aliphatic heterocycles. The van der Waals surface area contributed by atoms with Crippen LogP contribution in [-0.2, 0) is 17.6 Å². The van der Waals surface area contributed by atoms with Crippen molar-refractivity contribution >= 4 is 0 Å². The lowest BCUT2D eigenvalue weighted by Gasteiger charge is -2.27. The van der Waals surface area contributed by atoms with Gasteiger partial charge in [0, 0.05) is 5.56 Å². The Balaban J connectivity index is 1.23. The summed E-state index contributed by atoms with van der Waals surface area (Å²) in [7, 11) is 0. The Morgan fingerprint density at radius 1 is 0.794 bits per heavy atom. The van der Waals surface area contributed by atoms with Gasteiger partial charge in [0.1, 0.15) is 11.9 Å². The summed E-state index contributed by atoms with van der Waals surface area (Å²) in [6.07, 6.45) is 6.62. The Bertz CT molecular complexity index is 1170. The molecule has 34 heavy (non-hydrogen) atoms. The van der Waals surface area contributed by atoms with Crippen molar-refractivity contribution in [3.05, 3.63) is 107 Å². The van der Waals surface area contributed by atoms with Gasteiger partial charge >= 0.3 is 0 Å². The van der Waals surface area contributed by atoms with Crippen LogP contribution < -0.4 is 0 Å². The van der Waals surface area contributed by atoms with Crippen molar-refractivity contribution in [3.8, 4) is 11.1 Å². The lowest BCUT2D eigenvalue weighted by molar-refractivity contribution is 0.363. The molecule has 1 saturated carbocycles. The van der Waals surface area contributed by atoms with Gasteiger partial charge in [0.25, 0.3) is 0 Å². The zero-order valence-corrected chi connectivity index (χ0v) is 19.2. The number of hydrogen-bond acceptors (Lipinski definition) is 1. The second-order valence-corrected chi connectivity index (χ2v) is 9.54. The molecule has 1 unspecified atom stereocenters. The van der Waals surface area contributed by atoms with Crippen molar-refractivity contribution in [2.75, 3.05) is 6.61 Å². The minimum Gasteiger partial charge on any atom is -0.368 e. The van der Waals surface area contributed by atoms with Crippen molar-refractivity contribution in [3.63, 3.8) is 0 Å². The van der Waals surface area contributed by atoms with E-state index < -0.39 is 11.6 Å². The Kier molecular flexibility index (Phi) is 6.60. The minimum absolute atomic E-state index is 0.0861. The summed E-state index contributed by atoms with van der Waals surface area (Å²) in [5.41, 5.74) is 4.27. The third-order valence-electron chi connectivity index (χ3n) is 7.39. The van der Waals surface area contributed by atoms with Crippen LogP contribution in [0.25, 0.3) is 11.1 Å². The van der Waals surface area contributed by atoms with Crippen LogP contribution in [0.15, 0.2) is 67.3 Å². The quantitative estimate of drug-likeness (QED) is 0.255. The summed E-state index contributed by atoms with van der Waals surface area (Å²) in [6.45, 7) is 4.43. The van der Waals surface area contributed by atoms with Crippen LogP contribution in [-0.4, -0.2) is 6.61 Å². The van der Waals surface area contributed by atoms with Gasteiger partial charge in [-0.15, -0.1) is 6.58 Å². The smallest absolute Gasteiger partial charge is 0.162 e. The van der Waals surface area contributed by atoms with E-state index in [9.17, 15) is 13.2 Å². The fraction of sp³-hybridized carbons (Fsp3) is 0.333. The van der Waals surface area contributed by atoms with Crippen molar-refractivity contribution in [2.45, 2.75) is 50.5 Å². The molecule has 0 spiro atoms. The van der Waals surface area contributed by atoms with Crippen LogP contribution in [0.3, 0.4) is 0 Å². The van der Waals surface area contributed by atoms with Crippen LogP contribution in [0.1, 0.15) is 60.0 Å². The molecular formula is C30H29F3O. The topological polar surface area (TPSA) is 12.5 Å². The number of aryl methyl sites for hydroxylation is 2. The van der Waals surface area contributed by atoms with Gasteiger partial charge in [-0.05, 0) is 84.2 Å². The van der Waals surface area contributed by atoms with E-state index in [0.717, 1.165) is 42.4 Å². The van der Waals surface area contributed by atoms with Crippen molar-refractivity contribution in [2.24, 2.45) is 5.92 Å². The van der Waals surface area contributed by atoms with E-state index >= 15 is 0 Å². The summed E-state index contributed by atoms with van der Waals surface area (Å²) >= 11 is 0. The lowest BCUT2D eigenvalue weighted by Crippen LogP contribution is -2.14. The van der Waals surface area contributed by atoms with Gasteiger partial charge in [0.05, 0.1) is 6.61 Å². The molecule has 3 aromatic rings. The van der Waals surface area contributed by atoms with Gasteiger partial charge in [-0.1, -0.05) is 54.6 Å². The van der Waals surface area contributed by atoms with Gasteiger partial charge in [-0.3, -0.25) is 0 Å². The van der Waals surface area contributed by atoms with E-state index in [2.05, 4.69) is 6.58 Å². The number of rotatable bonds is 7. The Morgan fingerprint density at radius 2 is 1.47 bits per heavy atom. The Labute approximate surface area is 199 Å². The van der Waals surface area contributed by atoms with Gasteiger partial charge in [0.15, 0.2) is 11.6 Å². The monoisotopic (exact) mass is 462 g/mol. The highest BCUT2D eigenvalue weighted by Crippen LogP contribution is 2.38. The maximum atomic E-state index is 14.9. The number of allylic oxidation sites excluding steroid dienone is 1. The molecule has 1 heterocycles. The van der Waals surface area contributed by atoms with Crippen LogP contribution in [0.2, 0.25) is 0 Å². The van der Waals surface area contributed by atoms with Gasteiger partial charge < -0.3 is 4.74 Å². The molecule has 5 rings (SSSR count). The molecule has 2 aliphatic rings. The molecule has 0 bridgehead atoms. The third kappa shape index (κ3) is 4.83. The summed E-state index contributed by atoms with van der Waals surface area (Å²) in [6, 6.07) is 16.6. The maximum absolute atomic E-state index is 14.9. The first-order chi connectivity index (χ1) is 16.5. The number of epoxide rings is 1. The van der Waals surface area contributed by atoms with Gasteiger partial charge in [-0.2, -0.15) is 0 Å². The highest BCUT2D eigenvalue weighted by Gasteiger charge is 2.28. The van der Waals surface area contributed by atoms with E-state index in [1.165, 1.54) is 6.07 Å². The molecular weight excluding hydrogens is 433 g/mol. The van der Waals surface area contributed by atoms with Crippen LogP contribution in [0, 0.1) is 23.4 Å². The summed E-state index contributed by atoms with van der Waals surface area (Å²) < 4.78 is 49.2. The standard InChI is InChI=1S/C30H29F3O/c1-2-19-3-10-22(11-4-19)25-15-13-23(29(32)30(25)33)12-7-20-5-8-21(9-6-20)24-14-16-26(27(31)17-24)28-18-34-28/h2,5-6,8-9,13-17,19,22,28H,1,3-4,7,10-12,18H2. The normalized spacial score (nSPS) is 21.9. The predicted molar refractivity (Wildman–Crippen MR) is 129 cm³/mol. The number of hydrogen-bond donors (Lipinski definition) is 0. The summed E-state index contributed by atoms with van der Waals surface area (Å²) in [4.78, 5) is 0. The first-order valence-corrected chi connectivity index (χ1v) is 12.1. The Hall–Kier alpha value is -2.85. The van der Waals surface area contributed by atoms with Gasteiger partial charge in [0.2, 0.25) is 0 Å². The molecule has 0 aromatic heterocycles. The van der Waals surface area contributed by atoms with E-state index in [-0.39, 0.29) is 17.8 Å². The Morgan fingerprint density at radius 3 is 2.12 bits per heavy atom.